The molecule has 6 heteroatoms. The summed E-state index contributed by atoms with van der Waals surface area (Å²) in [5.74, 6) is -0.892. The highest BCUT2D eigenvalue weighted by atomic mass is 16.5. The van der Waals surface area contributed by atoms with Gasteiger partial charge in [0.25, 0.3) is 11.7 Å². The van der Waals surface area contributed by atoms with Crippen LogP contribution in [0.5, 0.6) is 5.75 Å². The van der Waals surface area contributed by atoms with E-state index in [-0.39, 0.29) is 16.7 Å². The molecule has 1 atom stereocenters. The Morgan fingerprint density at radius 3 is 2.26 bits per heavy atom. The second-order valence-corrected chi connectivity index (χ2v) is 11.4. The second-order valence-electron chi connectivity index (χ2n) is 11.4. The van der Waals surface area contributed by atoms with Crippen LogP contribution in [0, 0.1) is 20.8 Å². The van der Waals surface area contributed by atoms with Gasteiger partial charge >= 0.3 is 0 Å². The van der Waals surface area contributed by atoms with Crippen molar-refractivity contribution in [2.45, 2.75) is 53.0 Å². The van der Waals surface area contributed by atoms with Crippen molar-refractivity contribution in [1.82, 2.24) is 4.98 Å². The number of H-pyrrole nitrogens is 1. The van der Waals surface area contributed by atoms with E-state index in [1.165, 1.54) is 4.90 Å². The van der Waals surface area contributed by atoms with E-state index >= 15 is 0 Å². The summed E-state index contributed by atoms with van der Waals surface area (Å²) in [7, 11) is 1.61. The minimum atomic E-state index is -0.817. The lowest BCUT2D eigenvalue weighted by Gasteiger charge is -2.27. The number of ketones is 1. The number of methoxy groups -OCH3 is 1. The fourth-order valence-corrected chi connectivity index (χ4v) is 5.71. The zero-order valence-corrected chi connectivity index (χ0v) is 23.5. The number of rotatable bonds is 4. The predicted octanol–water partition coefficient (Wildman–Crippen LogP) is 7.03. The van der Waals surface area contributed by atoms with Gasteiger partial charge in [0, 0.05) is 39.0 Å². The number of aliphatic hydroxyl groups excluding tert-OH is 1. The lowest BCUT2D eigenvalue weighted by molar-refractivity contribution is -0.132. The van der Waals surface area contributed by atoms with E-state index < -0.39 is 17.7 Å². The molecular formula is C33H34N2O4. The highest BCUT2D eigenvalue weighted by molar-refractivity contribution is 6.52. The minimum Gasteiger partial charge on any atom is -0.507 e. The Labute approximate surface area is 228 Å². The zero-order chi connectivity index (χ0) is 28.2. The van der Waals surface area contributed by atoms with Gasteiger partial charge in [0.1, 0.15) is 11.5 Å². The van der Waals surface area contributed by atoms with E-state index in [9.17, 15) is 14.7 Å². The molecule has 2 heterocycles. The van der Waals surface area contributed by atoms with Crippen molar-refractivity contribution >= 4 is 34.0 Å². The molecule has 0 bridgehead atoms. The summed E-state index contributed by atoms with van der Waals surface area (Å²) in [5, 5.41) is 12.7. The van der Waals surface area contributed by atoms with E-state index in [0.29, 0.717) is 17.0 Å². The Kier molecular flexibility index (Phi) is 6.37. The Morgan fingerprint density at radius 2 is 1.62 bits per heavy atom. The van der Waals surface area contributed by atoms with Crippen molar-refractivity contribution in [3.8, 4) is 5.75 Å². The van der Waals surface area contributed by atoms with Crippen LogP contribution in [-0.2, 0) is 15.0 Å². The molecular weight excluding hydrogens is 488 g/mol. The number of aromatic amines is 1. The van der Waals surface area contributed by atoms with Gasteiger partial charge in [-0.3, -0.25) is 14.5 Å². The van der Waals surface area contributed by atoms with Gasteiger partial charge < -0.3 is 14.8 Å². The number of aryl methyl sites for hydroxylation is 3. The number of nitrogens with one attached hydrogen (secondary N) is 1. The largest absolute Gasteiger partial charge is 0.507 e. The fourth-order valence-electron chi connectivity index (χ4n) is 5.71. The minimum absolute atomic E-state index is 0.0667. The number of ether oxygens (including phenoxy) is 1. The molecule has 6 nitrogen and oxygen atoms in total. The maximum atomic E-state index is 13.8. The molecule has 1 saturated heterocycles. The quantitative estimate of drug-likeness (QED) is 0.171. The van der Waals surface area contributed by atoms with Crippen LogP contribution in [0.3, 0.4) is 0 Å². The first-order valence-corrected chi connectivity index (χ1v) is 13.1. The lowest BCUT2D eigenvalue weighted by atomic mass is 9.84. The van der Waals surface area contributed by atoms with Gasteiger partial charge in [-0.2, -0.15) is 0 Å². The summed E-state index contributed by atoms with van der Waals surface area (Å²) >= 11 is 0. The first-order chi connectivity index (χ1) is 18.4. The molecule has 200 valence electrons. The molecule has 0 spiro atoms. The molecule has 5 rings (SSSR count). The van der Waals surface area contributed by atoms with Crippen molar-refractivity contribution in [2.75, 3.05) is 12.0 Å². The first-order valence-electron chi connectivity index (χ1n) is 13.1. The number of fused-ring (bicyclic) bond motifs is 1. The summed E-state index contributed by atoms with van der Waals surface area (Å²) < 4.78 is 5.58. The Morgan fingerprint density at radius 1 is 0.949 bits per heavy atom. The van der Waals surface area contributed by atoms with Gasteiger partial charge in [0.2, 0.25) is 0 Å². The molecule has 39 heavy (non-hydrogen) atoms. The summed E-state index contributed by atoms with van der Waals surface area (Å²) in [6.45, 7) is 12.0. The van der Waals surface area contributed by atoms with E-state index in [1.54, 1.807) is 19.2 Å². The number of nitrogens with zero attached hydrogens (tertiary/aromatic N) is 1. The van der Waals surface area contributed by atoms with Crippen LogP contribution in [0.2, 0.25) is 0 Å². The Hall–Kier alpha value is -4.32. The number of amides is 1. The van der Waals surface area contributed by atoms with Gasteiger partial charge in [-0.25, -0.2) is 0 Å². The fraction of sp³-hybridized carbons (Fsp3) is 0.273. The van der Waals surface area contributed by atoms with Crippen LogP contribution < -0.4 is 9.64 Å². The topological polar surface area (TPSA) is 82.6 Å². The van der Waals surface area contributed by atoms with Gasteiger partial charge in [0.05, 0.1) is 18.7 Å². The monoisotopic (exact) mass is 522 g/mol. The number of hydrogen-bond donors (Lipinski definition) is 2. The van der Waals surface area contributed by atoms with Crippen LogP contribution in [0.4, 0.5) is 5.69 Å². The molecule has 0 radical (unpaired) electrons. The van der Waals surface area contributed by atoms with Crippen LogP contribution in [0.1, 0.15) is 60.3 Å². The van der Waals surface area contributed by atoms with Crippen molar-refractivity contribution in [1.29, 1.82) is 0 Å². The molecule has 1 aliphatic rings. The maximum Gasteiger partial charge on any atom is 0.300 e. The van der Waals surface area contributed by atoms with Gasteiger partial charge in [-0.1, -0.05) is 45.0 Å². The Bertz CT molecular complexity index is 1650. The summed E-state index contributed by atoms with van der Waals surface area (Å²) in [6, 6.07) is 18.2. The number of aromatic nitrogens is 1. The standard InChI is InChI=1S/C33H34N2O4/c1-18-14-19(2)16-22(15-18)35-29(27-20(3)34-25-11-9-8-10-23(25)27)28(31(37)32(35)38)30(36)21-12-13-26(39-7)24(17-21)33(4,5)6/h8-17,29,34,36H,1-7H3/b30-28+. The predicted molar refractivity (Wildman–Crippen MR) is 155 cm³/mol. The van der Waals surface area contributed by atoms with Crippen molar-refractivity contribution in [2.24, 2.45) is 0 Å². The lowest BCUT2D eigenvalue weighted by Crippen LogP contribution is -2.29. The number of aliphatic hydroxyl groups is 1. The molecule has 2 N–H and O–H groups in total. The number of para-hydroxylation sites is 1. The molecule has 1 fully saturated rings. The normalized spacial score (nSPS) is 17.3. The van der Waals surface area contributed by atoms with Gasteiger partial charge in [-0.05, 0) is 73.7 Å². The molecule has 1 unspecified atom stereocenters. The number of carbonyl (C=O) groups excluding carboxylic acids is 2. The van der Waals surface area contributed by atoms with Gasteiger partial charge in [-0.15, -0.1) is 0 Å². The number of anilines is 1. The van der Waals surface area contributed by atoms with Crippen molar-refractivity contribution in [3.63, 3.8) is 0 Å². The van der Waals surface area contributed by atoms with Crippen LogP contribution >= 0.6 is 0 Å². The first kappa shape index (κ1) is 26.3. The third kappa shape index (κ3) is 4.40. The highest BCUT2D eigenvalue weighted by Crippen LogP contribution is 2.46. The van der Waals surface area contributed by atoms with Gasteiger partial charge in [0.15, 0.2) is 0 Å². The average Bonchev–Trinajstić information content (AvgIpc) is 3.34. The summed E-state index contributed by atoms with van der Waals surface area (Å²) in [6.07, 6.45) is 0. The number of carbonyl (C=O) groups is 2. The molecule has 0 saturated carbocycles. The Balaban J connectivity index is 1.82. The number of Topliss-reactive ketones (excluding diaryl/α,β-unsaturated/α-hetero) is 1. The molecule has 4 aromatic rings. The molecule has 1 amide bonds. The van der Waals surface area contributed by atoms with Crippen LogP contribution in [0.15, 0.2) is 66.2 Å². The summed E-state index contributed by atoms with van der Waals surface area (Å²) in [5.41, 5.74) is 6.22. The van der Waals surface area contributed by atoms with E-state index in [1.807, 2.05) is 69.3 Å². The van der Waals surface area contributed by atoms with Crippen LogP contribution in [-0.4, -0.2) is 28.9 Å². The zero-order valence-electron chi connectivity index (χ0n) is 23.5. The molecule has 0 aliphatic carbocycles. The van der Waals surface area contributed by atoms with E-state index in [0.717, 1.165) is 38.9 Å². The SMILES string of the molecule is COc1ccc(/C(O)=C2\C(=O)C(=O)N(c3cc(C)cc(C)c3)C2c2c(C)[nH]c3ccccc23)cc1C(C)(C)C. The van der Waals surface area contributed by atoms with E-state index in [4.69, 9.17) is 4.74 Å². The molecule has 1 aromatic heterocycles. The third-order valence-electron chi connectivity index (χ3n) is 7.43. The average molecular weight is 523 g/mol. The van der Waals surface area contributed by atoms with Crippen molar-refractivity contribution in [3.05, 3.63) is 99.7 Å². The van der Waals surface area contributed by atoms with Crippen molar-refractivity contribution < 1.29 is 19.4 Å². The summed E-state index contributed by atoms with van der Waals surface area (Å²) in [4.78, 5) is 32.5. The maximum absolute atomic E-state index is 13.8. The van der Waals surface area contributed by atoms with E-state index in [2.05, 4.69) is 25.8 Å². The highest BCUT2D eigenvalue weighted by Gasteiger charge is 2.48. The van der Waals surface area contributed by atoms with Crippen LogP contribution in [0.25, 0.3) is 16.7 Å². The molecule has 1 aliphatic heterocycles. The smallest absolute Gasteiger partial charge is 0.300 e. The number of benzene rings is 3. The number of hydrogen-bond acceptors (Lipinski definition) is 4. The second kappa shape index (κ2) is 9.45. The third-order valence-corrected chi connectivity index (χ3v) is 7.43. The molecule has 3 aromatic carbocycles.